The van der Waals surface area contributed by atoms with Crippen molar-refractivity contribution in [2.45, 2.75) is 186 Å². The van der Waals surface area contributed by atoms with Crippen LogP contribution < -0.4 is 11.4 Å². The smallest absolute Gasteiger partial charge is 0.352 e. The van der Waals surface area contributed by atoms with Gasteiger partial charge >= 0.3 is 17.3 Å². The zero-order valence-corrected chi connectivity index (χ0v) is 46.9. The summed E-state index contributed by atoms with van der Waals surface area (Å²) in [4.78, 5) is 102. The Morgan fingerprint density at radius 3 is 2.19 bits per heavy atom. The summed E-state index contributed by atoms with van der Waals surface area (Å²) in [6.07, 6.45) is 6.22. The van der Waals surface area contributed by atoms with Crippen molar-refractivity contribution in [2.24, 2.45) is 41.4 Å². The number of Topliss-reactive ketones (excluding diaryl/α,β-unsaturated/α-hetero) is 3. The van der Waals surface area contributed by atoms with Crippen molar-refractivity contribution in [3.05, 3.63) is 86.8 Å². The van der Waals surface area contributed by atoms with Crippen LogP contribution in [0.2, 0.25) is 0 Å². The number of aliphatic hydroxyl groups excluding tert-OH is 3. The molecule has 1 aromatic carbocycles. The fraction of sp³-hybridized carbons (Fsp3) is 0.678. The van der Waals surface area contributed by atoms with Gasteiger partial charge in [0.25, 0.3) is 11.7 Å². The number of carbonyl (C=O) groups excluding carboxylic acids is 5. The van der Waals surface area contributed by atoms with Crippen LogP contribution in [0.15, 0.2) is 75.4 Å². The average molecular weight is 1090 g/mol. The van der Waals surface area contributed by atoms with Gasteiger partial charge < -0.3 is 44.3 Å². The number of rotatable bonds is 7. The summed E-state index contributed by atoms with van der Waals surface area (Å²) >= 11 is 0. The molecular weight excluding hydrogens is 1000 g/mol. The molecule has 5 aliphatic heterocycles. The van der Waals surface area contributed by atoms with Gasteiger partial charge in [0.05, 0.1) is 60.8 Å². The number of aliphatic hydroxyl groups is 4. The molecule has 430 valence electrons. The maximum absolute atomic E-state index is 14.6. The lowest BCUT2D eigenvalue weighted by atomic mass is 9.78. The van der Waals surface area contributed by atoms with Gasteiger partial charge in [-0.2, -0.15) is 0 Å². The molecule has 1 aromatic heterocycles. The highest BCUT2D eigenvalue weighted by Crippen LogP contribution is 2.39. The Bertz CT molecular complexity index is 2690. The third kappa shape index (κ3) is 12.9. The Balaban J connectivity index is 1.26. The number of ketones is 3. The lowest BCUT2D eigenvalue weighted by Crippen LogP contribution is -2.61. The molecule has 6 heterocycles. The second-order valence-electron chi connectivity index (χ2n) is 23.2. The lowest BCUT2D eigenvalue weighted by Gasteiger charge is -2.42. The SMILES string of the molecule is CO[C@H]1C[C@@H]2CC[C@@H](C)[C@@](O)(O2)C(=O)C(=O)N2CCCC[C@H]2C(=O)O[C@H]([C@H](C)CC2CC[C@@H](O)[C@H](OC)C2)CC(=O)[C@H](C)/C=C(\C)[C@@H](O)[C@@H](CO)C(=O)[C@H](C)C[C@H](C)C2C=CC(/C=C/1C)n1c(=O)n(-c3ccccc3)c(=O)n12. The largest absolute Gasteiger partial charge is 0.460 e. The van der Waals surface area contributed by atoms with Crippen LogP contribution in [0.25, 0.3) is 5.69 Å². The first-order chi connectivity index (χ1) is 37.0. The number of esters is 1. The van der Waals surface area contributed by atoms with E-state index in [4.69, 9.17) is 18.9 Å². The van der Waals surface area contributed by atoms with Crippen molar-refractivity contribution in [1.82, 2.24) is 18.8 Å². The molecule has 0 radical (unpaired) electrons. The number of fused-ring (bicyclic) bond motifs is 15. The number of methoxy groups -OCH3 is 2. The normalized spacial score (nSPS) is 37.2. The summed E-state index contributed by atoms with van der Waals surface area (Å²) < 4.78 is 28.0. The molecule has 3 fully saturated rings. The van der Waals surface area contributed by atoms with Gasteiger partial charge in [-0.25, -0.2) is 28.3 Å². The van der Waals surface area contributed by atoms with Crippen LogP contribution >= 0.6 is 0 Å². The Morgan fingerprint density at radius 1 is 0.808 bits per heavy atom. The minimum absolute atomic E-state index is 0.0242. The van der Waals surface area contributed by atoms with Crippen LogP contribution in [-0.2, 0) is 42.9 Å². The van der Waals surface area contributed by atoms with Gasteiger partial charge in [0.1, 0.15) is 23.7 Å². The lowest BCUT2D eigenvalue weighted by molar-refractivity contribution is -0.265. The van der Waals surface area contributed by atoms with Gasteiger partial charge in [-0.3, -0.25) is 19.2 Å². The molecule has 19 heteroatoms. The standard InChI is InChI=1S/C59H84N4O15/c1-33-25-37(5)52(67)44(32-64)53(68)38(6)26-34(2)48(66)31-50(35(3)27-40-19-23-47(65)51(29-40)76-9)77-56(71)46-17-13-14-24-60(46)55(70)54(69)59(74)39(7)18-21-43(78-59)30-49(75-8)36(4)28-42-20-22-45(33)63-58(73)61(57(72)62(42)63)41-15-11-10-12-16-41/h10-12,15-16,20,22,26,28,33-35,37,39-40,42-47,49-51,53,64-65,68,74H,13-14,17-19,21,23-25,27,29-32H2,1-9H3/b36-28+,38-26+/t33-,34+,35+,37+,39+,40?,42?,43-,44-,45?,46-,47+,49-,50-,51+,53+,59+/m0/s1. The zero-order valence-electron chi connectivity index (χ0n) is 46.9. The van der Waals surface area contributed by atoms with Crippen LogP contribution in [0, 0.1) is 41.4 Å². The molecule has 3 unspecified atom stereocenters. The predicted molar refractivity (Wildman–Crippen MR) is 288 cm³/mol. The minimum Gasteiger partial charge on any atom is -0.460 e. The fourth-order valence-corrected chi connectivity index (χ4v) is 12.8. The van der Waals surface area contributed by atoms with E-state index in [0.717, 1.165) is 9.47 Å². The number of carbonyl (C=O) groups is 5. The van der Waals surface area contributed by atoms with E-state index in [0.29, 0.717) is 62.6 Å². The minimum atomic E-state index is -2.56. The Morgan fingerprint density at radius 2 is 1.51 bits per heavy atom. The number of ether oxygens (including phenoxy) is 4. The van der Waals surface area contributed by atoms with Crippen molar-refractivity contribution in [2.75, 3.05) is 27.4 Å². The van der Waals surface area contributed by atoms with Crippen LogP contribution in [0.3, 0.4) is 0 Å². The first-order valence-electron chi connectivity index (χ1n) is 28.2. The highest BCUT2D eigenvalue weighted by Gasteiger charge is 2.53. The molecule has 4 bridgehead atoms. The van der Waals surface area contributed by atoms with Crippen molar-refractivity contribution in [1.29, 1.82) is 0 Å². The summed E-state index contributed by atoms with van der Waals surface area (Å²) in [7, 11) is 3.04. The quantitative estimate of drug-likeness (QED) is 0.159. The van der Waals surface area contributed by atoms with Gasteiger partial charge in [0.15, 0.2) is 0 Å². The van der Waals surface area contributed by atoms with E-state index in [-0.39, 0.29) is 55.6 Å². The number of allylic oxidation sites excluding steroid dienone is 4. The number of para-hydroxylation sites is 1. The highest BCUT2D eigenvalue weighted by molar-refractivity contribution is 6.39. The van der Waals surface area contributed by atoms with Gasteiger partial charge in [0, 0.05) is 51.4 Å². The maximum Gasteiger partial charge on any atom is 0.352 e. The summed E-state index contributed by atoms with van der Waals surface area (Å²) in [5, 5.41) is 45.2. The second-order valence-corrected chi connectivity index (χ2v) is 23.2. The molecule has 1 aliphatic carbocycles. The van der Waals surface area contributed by atoms with Gasteiger partial charge in [-0.15, -0.1) is 0 Å². The summed E-state index contributed by atoms with van der Waals surface area (Å²) in [6, 6.07) is 5.80. The van der Waals surface area contributed by atoms with E-state index in [2.05, 4.69) is 0 Å². The topological polar surface area (TPSA) is 255 Å². The number of nitrogens with zero attached hydrogens (tertiary/aromatic N) is 4. The molecule has 8 rings (SSSR count). The molecule has 78 heavy (non-hydrogen) atoms. The van der Waals surface area contributed by atoms with Crippen LogP contribution in [-0.4, -0.2) is 144 Å². The van der Waals surface area contributed by atoms with E-state index in [1.807, 2.05) is 26.0 Å². The number of aromatic nitrogens is 3. The molecule has 17 atom stereocenters. The van der Waals surface area contributed by atoms with Crippen LogP contribution in [0.5, 0.6) is 0 Å². The number of hydrogen-bond acceptors (Lipinski definition) is 15. The van der Waals surface area contributed by atoms with Crippen LogP contribution in [0.4, 0.5) is 0 Å². The number of piperidine rings is 1. The Hall–Kier alpha value is -5.15. The summed E-state index contributed by atoms with van der Waals surface area (Å²) in [5.41, 5.74) is 0.0532. The zero-order chi connectivity index (χ0) is 56.9. The van der Waals surface area contributed by atoms with Crippen molar-refractivity contribution < 1.29 is 63.3 Å². The monoisotopic (exact) mass is 1090 g/mol. The second kappa shape index (κ2) is 26.0. The van der Waals surface area contributed by atoms with Crippen molar-refractivity contribution in [3.63, 3.8) is 0 Å². The van der Waals surface area contributed by atoms with Crippen molar-refractivity contribution >= 4 is 29.2 Å². The van der Waals surface area contributed by atoms with Gasteiger partial charge in [0.2, 0.25) is 5.79 Å². The van der Waals surface area contributed by atoms with Crippen molar-refractivity contribution in [3.8, 4) is 5.69 Å². The maximum atomic E-state index is 14.6. The molecular formula is C59H84N4O15. The molecule has 2 aromatic rings. The molecule has 19 nitrogen and oxygen atoms in total. The van der Waals surface area contributed by atoms with E-state index in [1.165, 1.54) is 22.5 Å². The molecule has 0 spiro atoms. The van der Waals surface area contributed by atoms with E-state index < -0.39 is 131 Å². The highest BCUT2D eigenvalue weighted by atomic mass is 16.6. The number of amides is 1. The summed E-state index contributed by atoms with van der Waals surface area (Å²) in [6.45, 7) is 11.4. The fourth-order valence-electron chi connectivity index (χ4n) is 12.8. The first kappa shape index (κ1) is 60.5. The van der Waals surface area contributed by atoms with Crippen LogP contribution in [0.1, 0.15) is 138 Å². The number of hydrogen-bond donors (Lipinski definition) is 4. The summed E-state index contributed by atoms with van der Waals surface area (Å²) in [5.74, 6) is -10.9. The average Bonchev–Trinajstić information content (AvgIpc) is 3.85. The third-order valence-electron chi connectivity index (χ3n) is 17.7. The molecule has 1 amide bonds. The molecule has 1 saturated carbocycles. The van der Waals surface area contributed by atoms with E-state index >= 15 is 0 Å². The Labute approximate surface area is 457 Å². The predicted octanol–water partition coefficient (Wildman–Crippen LogP) is 5.13. The molecule has 2 saturated heterocycles. The third-order valence-corrected chi connectivity index (χ3v) is 17.7. The van der Waals surface area contributed by atoms with Gasteiger partial charge in [-0.1, -0.05) is 77.1 Å². The van der Waals surface area contributed by atoms with Gasteiger partial charge in [-0.05, 0) is 119 Å². The Kier molecular flexibility index (Phi) is 20.1. The van der Waals surface area contributed by atoms with E-state index in [9.17, 15) is 54.0 Å². The first-order valence-corrected chi connectivity index (χ1v) is 28.2. The number of benzene rings is 1. The molecule has 4 N–H and O–H groups in total. The van der Waals surface area contributed by atoms with E-state index in [1.54, 1.807) is 78.1 Å². The molecule has 6 aliphatic rings.